The summed E-state index contributed by atoms with van der Waals surface area (Å²) in [6.07, 6.45) is 26.2. The van der Waals surface area contributed by atoms with Gasteiger partial charge in [0.1, 0.15) is 19.3 Å². The van der Waals surface area contributed by atoms with E-state index in [1.807, 2.05) is 0 Å². The number of nitrogens with zero attached hydrogens (tertiary/aromatic N) is 1. The number of hydrogen-bond donors (Lipinski definition) is 10. The number of hydrogen-bond acceptors (Lipinski definition) is 15. The normalized spacial score (nSPS) is 11.4. The van der Waals surface area contributed by atoms with Crippen LogP contribution in [0.5, 0.6) is 34.5 Å². The smallest absolute Gasteiger partial charge is 0.305 e. The lowest BCUT2D eigenvalue weighted by atomic mass is 10.1. The lowest BCUT2D eigenvalue weighted by Gasteiger charge is -2.22. The average Bonchev–Trinajstić information content (AvgIpc) is 3.42. The maximum absolute atomic E-state index is 13.5. The van der Waals surface area contributed by atoms with E-state index in [0.29, 0.717) is 6.42 Å². The lowest BCUT2D eigenvalue weighted by Crippen LogP contribution is -2.48. The maximum atomic E-state index is 13.5. The van der Waals surface area contributed by atoms with Gasteiger partial charge in [-0.3, -0.25) is 33.6 Å². The predicted octanol–water partition coefficient (Wildman–Crippen LogP) is 8.95. The lowest BCUT2D eigenvalue weighted by molar-refractivity contribution is -0.147. The third-order valence-corrected chi connectivity index (χ3v) is 13.4. The van der Waals surface area contributed by atoms with Crippen LogP contribution in [0, 0.1) is 0 Å². The highest BCUT2D eigenvalue weighted by molar-refractivity contribution is 5.98. The van der Waals surface area contributed by atoms with Crippen LogP contribution in [-0.4, -0.2) is 129 Å². The molecule has 0 aliphatic rings. The Bertz CT molecular complexity index is 2010. The van der Waals surface area contributed by atoms with Crippen LogP contribution in [0.2, 0.25) is 0 Å². The molecule has 2 rings (SSSR count). The van der Waals surface area contributed by atoms with E-state index in [1.54, 1.807) is 0 Å². The van der Waals surface area contributed by atoms with Crippen LogP contribution in [0.15, 0.2) is 24.3 Å². The summed E-state index contributed by atoms with van der Waals surface area (Å²) in [4.78, 5) is 92.0. The first-order chi connectivity index (χ1) is 37.6. The molecule has 0 spiro atoms. The van der Waals surface area contributed by atoms with Crippen LogP contribution >= 0.6 is 0 Å². The summed E-state index contributed by atoms with van der Waals surface area (Å²) < 4.78 is 10.9. The molecule has 2 aromatic carbocycles. The van der Waals surface area contributed by atoms with Gasteiger partial charge in [-0.1, -0.05) is 142 Å². The number of phenols is 6. The molecule has 5 amide bonds. The second kappa shape index (κ2) is 41.6. The van der Waals surface area contributed by atoms with Crippen molar-refractivity contribution in [2.24, 2.45) is 0 Å². The van der Waals surface area contributed by atoms with Gasteiger partial charge in [-0.2, -0.15) is 0 Å². The topological polar surface area (TPSA) is 311 Å². The molecule has 20 heteroatoms. The van der Waals surface area contributed by atoms with Crippen LogP contribution in [0.3, 0.4) is 0 Å². The Hall–Kier alpha value is -6.47. The second-order valence-electron chi connectivity index (χ2n) is 20.0. The minimum absolute atomic E-state index is 0.0342. The van der Waals surface area contributed by atoms with Gasteiger partial charge in [-0.15, -0.1) is 0 Å². The summed E-state index contributed by atoms with van der Waals surface area (Å²) in [5.41, 5.74) is -0.382. The van der Waals surface area contributed by atoms with Gasteiger partial charge < -0.3 is 66.3 Å². The average molecular weight is 1100 g/mol. The largest absolute Gasteiger partial charge is 0.504 e. The van der Waals surface area contributed by atoms with Crippen LogP contribution in [-0.2, 0) is 33.4 Å². The number of phenolic OH excluding ortho intramolecular Hbond substituents is 6. The summed E-state index contributed by atoms with van der Waals surface area (Å²) in [6.45, 7) is 4.34. The molecule has 440 valence electrons. The number of esters is 2. The van der Waals surface area contributed by atoms with E-state index in [4.69, 9.17) is 9.47 Å². The van der Waals surface area contributed by atoms with Crippen molar-refractivity contribution in [1.82, 2.24) is 26.2 Å². The maximum Gasteiger partial charge on any atom is 0.305 e. The van der Waals surface area contributed by atoms with E-state index in [0.717, 1.165) is 75.6 Å². The van der Waals surface area contributed by atoms with Crippen LogP contribution in [0.1, 0.15) is 221 Å². The van der Waals surface area contributed by atoms with Crippen LogP contribution < -0.4 is 21.3 Å². The van der Waals surface area contributed by atoms with E-state index >= 15 is 0 Å². The zero-order valence-electron chi connectivity index (χ0n) is 46.6. The number of carbonyl (C=O) groups excluding carboxylic acids is 7. The third-order valence-electron chi connectivity index (χ3n) is 13.4. The third kappa shape index (κ3) is 30.5. The molecule has 0 aromatic heterocycles. The van der Waals surface area contributed by atoms with Gasteiger partial charge in [-0.25, -0.2) is 0 Å². The number of unbranched alkanes of at least 4 members (excludes halogenated alkanes) is 21. The molecule has 0 aliphatic heterocycles. The highest BCUT2D eigenvalue weighted by atomic mass is 16.5. The summed E-state index contributed by atoms with van der Waals surface area (Å²) in [7, 11) is 0. The Kier molecular flexibility index (Phi) is 36.1. The summed E-state index contributed by atoms with van der Waals surface area (Å²) in [5.74, 6) is -8.33. The highest BCUT2D eigenvalue weighted by Crippen LogP contribution is 2.36. The van der Waals surface area contributed by atoms with Gasteiger partial charge in [0, 0.05) is 56.4 Å². The van der Waals surface area contributed by atoms with Gasteiger partial charge in [-0.05, 0) is 56.4 Å². The summed E-state index contributed by atoms with van der Waals surface area (Å²) >= 11 is 0. The van der Waals surface area contributed by atoms with E-state index in [-0.39, 0.29) is 108 Å². The molecule has 2 aromatic rings. The summed E-state index contributed by atoms with van der Waals surface area (Å²) in [5, 5.41) is 69.0. The Morgan fingerprint density at radius 3 is 1.28 bits per heavy atom. The molecular weight excluding hydrogens is 1010 g/mol. The second-order valence-corrected chi connectivity index (χ2v) is 20.0. The Balaban J connectivity index is 1.89. The molecule has 0 heterocycles. The Labute approximate surface area is 461 Å². The van der Waals surface area contributed by atoms with Crippen molar-refractivity contribution in [3.63, 3.8) is 0 Å². The fourth-order valence-corrected chi connectivity index (χ4v) is 8.65. The number of amides is 5. The van der Waals surface area contributed by atoms with Crippen molar-refractivity contribution in [2.45, 2.75) is 206 Å². The number of aromatic hydroxyl groups is 6. The molecule has 0 radical (unpaired) electrons. The zero-order chi connectivity index (χ0) is 57.3. The van der Waals surface area contributed by atoms with Gasteiger partial charge in [0.25, 0.3) is 11.8 Å². The van der Waals surface area contributed by atoms with Crippen molar-refractivity contribution in [3.05, 3.63) is 35.4 Å². The predicted molar refractivity (Wildman–Crippen MR) is 296 cm³/mol. The van der Waals surface area contributed by atoms with Crippen molar-refractivity contribution in [1.29, 1.82) is 0 Å². The number of nitrogens with one attached hydrogen (secondary N) is 4. The van der Waals surface area contributed by atoms with E-state index in [9.17, 15) is 64.2 Å². The van der Waals surface area contributed by atoms with E-state index in [2.05, 4.69) is 35.1 Å². The minimum Gasteiger partial charge on any atom is -0.504 e. The highest BCUT2D eigenvalue weighted by Gasteiger charge is 2.24. The van der Waals surface area contributed by atoms with Crippen molar-refractivity contribution in [3.8, 4) is 34.5 Å². The molecular formula is C58H93N5O15. The number of ether oxygens (including phenoxy) is 2. The van der Waals surface area contributed by atoms with Crippen LogP contribution in [0.25, 0.3) is 0 Å². The molecule has 0 saturated heterocycles. The van der Waals surface area contributed by atoms with Gasteiger partial charge >= 0.3 is 11.9 Å². The quantitative estimate of drug-likeness (QED) is 0.0168. The molecule has 1 unspecified atom stereocenters. The minimum atomic E-state index is -1.19. The Morgan fingerprint density at radius 2 is 0.846 bits per heavy atom. The Morgan fingerprint density at radius 1 is 0.449 bits per heavy atom. The van der Waals surface area contributed by atoms with Crippen molar-refractivity contribution in [2.75, 3.05) is 45.9 Å². The number of benzene rings is 2. The molecule has 0 fully saturated rings. The first kappa shape index (κ1) is 67.6. The molecule has 1 atom stereocenters. The molecule has 0 bridgehead atoms. The van der Waals surface area contributed by atoms with Crippen LogP contribution in [0.4, 0.5) is 0 Å². The number of rotatable bonds is 45. The molecule has 0 saturated carbocycles. The fraction of sp³-hybridized carbons (Fsp3) is 0.672. The van der Waals surface area contributed by atoms with Gasteiger partial charge in [0.05, 0.1) is 13.1 Å². The van der Waals surface area contributed by atoms with Crippen molar-refractivity contribution < 1.29 is 73.7 Å². The first-order valence-corrected chi connectivity index (χ1v) is 28.8. The summed E-state index contributed by atoms with van der Waals surface area (Å²) in [6, 6.07) is 2.56. The SMILES string of the molecule is CCCCCCCCCCCCCC(=O)OCCN(CCOC(=O)CCCCCCCCCCCCC)C(=O)CCC(=O)NCCNC(=O)C(CCCCNC(=O)c1cc(O)c(O)c(O)c1)NC(=O)c1cc(O)c(O)c(O)c1. The molecule has 10 N–H and O–H groups in total. The van der Waals surface area contributed by atoms with Gasteiger partial charge in [0.15, 0.2) is 34.5 Å². The van der Waals surface area contributed by atoms with E-state index < -0.39 is 70.1 Å². The van der Waals surface area contributed by atoms with Crippen molar-refractivity contribution >= 4 is 41.5 Å². The first-order valence-electron chi connectivity index (χ1n) is 28.8. The molecule has 0 aliphatic carbocycles. The standard InChI is InChI=1S/C58H93N5O15/c1-3-5-7-9-11-13-15-17-19-21-23-28-52(70)77-37-35-63(36-38-78-53(71)29-24-22-20-18-16-14-12-10-8-6-4-2)51(69)31-30-50(68)59-33-34-61-58(76)45(62-57(75)44-41-48(66)55(73)49(67)42-44)27-25-26-32-60-56(74)43-39-46(64)54(72)47(65)40-43/h39-42,45,64-67,72-73H,3-38H2,1-2H3,(H,59,68)(H,60,74)(H,61,76)(H,62,75). The fourth-order valence-electron chi connectivity index (χ4n) is 8.65. The monoisotopic (exact) mass is 1100 g/mol. The number of carbonyl (C=O) groups is 7. The molecule has 78 heavy (non-hydrogen) atoms. The van der Waals surface area contributed by atoms with E-state index in [1.165, 1.54) is 94.8 Å². The molecule has 20 nitrogen and oxygen atoms in total. The van der Waals surface area contributed by atoms with Gasteiger partial charge in [0.2, 0.25) is 17.7 Å². The zero-order valence-corrected chi connectivity index (χ0v) is 46.6.